The summed E-state index contributed by atoms with van der Waals surface area (Å²) in [5, 5.41) is 19.4. The van der Waals surface area contributed by atoms with Crippen molar-refractivity contribution in [1.82, 2.24) is 5.32 Å². The molecule has 0 aliphatic heterocycles. The van der Waals surface area contributed by atoms with Gasteiger partial charge in [-0.3, -0.25) is 4.79 Å². The molecule has 0 unspecified atom stereocenters. The molecule has 0 rings (SSSR count). The summed E-state index contributed by atoms with van der Waals surface area (Å²) in [6.07, 6.45) is 6.81. The van der Waals surface area contributed by atoms with Crippen LogP contribution in [0.3, 0.4) is 0 Å². The van der Waals surface area contributed by atoms with Gasteiger partial charge >= 0.3 is 11.9 Å². The third kappa shape index (κ3) is 32.8. The van der Waals surface area contributed by atoms with E-state index in [0.717, 1.165) is 31.7 Å². The van der Waals surface area contributed by atoms with Gasteiger partial charge in [-0.1, -0.05) is 32.6 Å². The first kappa shape index (κ1) is 25.5. The molecule has 0 saturated heterocycles. The fourth-order valence-electron chi connectivity index (χ4n) is 0.905. The number of carbonyl (C=O) groups excluding carboxylic acids is 1. The van der Waals surface area contributed by atoms with Gasteiger partial charge in [0.1, 0.15) is 0 Å². The van der Waals surface area contributed by atoms with E-state index in [2.05, 4.69) is 31.1 Å². The molecule has 7 heteroatoms. The summed E-state index contributed by atoms with van der Waals surface area (Å²) in [5.41, 5.74) is 4.96. The van der Waals surface area contributed by atoms with Crippen LogP contribution in [0.15, 0.2) is 37.0 Å². The van der Waals surface area contributed by atoms with Gasteiger partial charge in [-0.05, 0) is 38.9 Å². The number of nitrogens with one attached hydrogen (secondary N) is 1. The van der Waals surface area contributed by atoms with E-state index >= 15 is 0 Å². The zero-order chi connectivity index (χ0) is 18.7. The molecular weight excluding hydrogens is 300 g/mol. The molecule has 0 bridgehead atoms. The van der Waals surface area contributed by atoms with Gasteiger partial charge in [-0.2, -0.15) is 0 Å². The van der Waals surface area contributed by atoms with Crippen LogP contribution in [0.2, 0.25) is 0 Å². The molecule has 7 nitrogen and oxygen atoms in total. The molecule has 0 radical (unpaired) electrons. The van der Waals surface area contributed by atoms with Crippen LogP contribution in [0.25, 0.3) is 0 Å². The summed E-state index contributed by atoms with van der Waals surface area (Å²) < 4.78 is 0. The first-order valence-corrected chi connectivity index (χ1v) is 7.10. The second-order valence-corrected chi connectivity index (χ2v) is 4.23. The van der Waals surface area contributed by atoms with Crippen LogP contribution in [-0.2, 0) is 14.4 Å². The van der Waals surface area contributed by atoms with E-state index in [4.69, 9.17) is 10.2 Å². The van der Waals surface area contributed by atoms with E-state index in [1.807, 2.05) is 0 Å². The van der Waals surface area contributed by atoms with Crippen LogP contribution < -0.4 is 11.1 Å². The van der Waals surface area contributed by atoms with E-state index in [9.17, 15) is 14.4 Å². The Kier molecular flexibility index (Phi) is 21.8. The van der Waals surface area contributed by atoms with Crippen molar-refractivity contribution in [1.29, 1.82) is 0 Å². The highest BCUT2D eigenvalue weighted by Crippen LogP contribution is 1.94. The molecule has 0 fully saturated rings. The van der Waals surface area contributed by atoms with Gasteiger partial charge in [0.05, 0.1) is 0 Å². The van der Waals surface area contributed by atoms with Gasteiger partial charge in [0.15, 0.2) is 0 Å². The lowest BCUT2D eigenvalue weighted by molar-refractivity contribution is -0.133. The van der Waals surface area contributed by atoms with Crippen LogP contribution in [0.5, 0.6) is 0 Å². The number of nitrogens with two attached hydrogens (primary N) is 1. The summed E-state index contributed by atoms with van der Waals surface area (Å²) in [6.45, 7) is 11.7. The summed E-state index contributed by atoms with van der Waals surface area (Å²) in [7, 11) is 0. The normalized spacial score (nSPS) is 9.39. The Morgan fingerprint density at radius 1 is 1.13 bits per heavy atom. The van der Waals surface area contributed by atoms with E-state index in [1.165, 1.54) is 12.8 Å². The Hall–Kier alpha value is -2.41. The predicted octanol–water partition coefficient (Wildman–Crippen LogP) is 1.71. The van der Waals surface area contributed by atoms with Crippen LogP contribution in [0.1, 0.15) is 33.1 Å². The lowest BCUT2D eigenvalue weighted by Crippen LogP contribution is -2.16. The minimum atomic E-state index is -0.981. The number of hydrogen-bond donors (Lipinski definition) is 4. The Morgan fingerprint density at radius 2 is 1.61 bits per heavy atom. The van der Waals surface area contributed by atoms with Gasteiger partial charge < -0.3 is 21.3 Å². The molecule has 0 saturated carbocycles. The monoisotopic (exact) mass is 328 g/mol. The van der Waals surface area contributed by atoms with Gasteiger partial charge in [0.2, 0.25) is 5.91 Å². The highest BCUT2D eigenvalue weighted by Gasteiger charge is 1.97. The largest absolute Gasteiger partial charge is 0.478 e. The number of primary amides is 1. The van der Waals surface area contributed by atoms with E-state index in [1.54, 1.807) is 13.0 Å². The maximum Gasteiger partial charge on any atom is 0.330 e. The number of carbonyl (C=O) groups is 3. The highest BCUT2D eigenvalue weighted by atomic mass is 16.4. The summed E-state index contributed by atoms with van der Waals surface area (Å²) in [5.74, 6) is -2.29. The molecule has 132 valence electrons. The number of carboxylic acid groups (broad SMARTS) is 2. The van der Waals surface area contributed by atoms with Crippen molar-refractivity contribution >= 4 is 17.8 Å². The van der Waals surface area contributed by atoms with Crippen molar-refractivity contribution in [3.8, 4) is 0 Å². The minimum Gasteiger partial charge on any atom is -0.478 e. The van der Waals surface area contributed by atoms with Crippen molar-refractivity contribution in [3.05, 3.63) is 37.0 Å². The molecule has 0 atom stereocenters. The van der Waals surface area contributed by atoms with Crippen molar-refractivity contribution in [3.63, 3.8) is 0 Å². The molecule has 0 aliphatic rings. The number of hydrogen-bond acceptors (Lipinski definition) is 4. The number of amides is 1. The molecule has 0 aromatic rings. The van der Waals surface area contributed by atoms with Crippen LogP contribution in [0, 0.1) is 0 Å². The minimum absolute atomic E-state index is 0.428. The quantitative estimate of drug-likeness (QED) is 0.376. The van der Waals surface area contributed by atoms with Gasteiger partial charge in [0, 0.05) is 11.6 Å². The Labute approximate surface area is 137 Å². The van der Waals surface area contributed by atoms with E-state index in [-0.39, 0.29) is 0 Å². The molecule has 0 heterocycles. The van der Waals surface area contributed by atoms with Crippen molar-refractivity contribution in [2.75, 3.05) is 13.1 Å². The number of rotatable bonds is 9. The SMILES string of the molecule is C=CC(=O)O.C=CC(N)=O.CCCCNCCC=C(C)C(=O)O. The summed E-state index contributed by atoms with van der Waals surface area (Å²) >= 11 is 0. The molecule has 5 N–H and O–H groups in total. The lowest BCUT2D eigenvalue weighted by atomic mass is 10.2. The summed E-state index contributed by atoms with van der Waals surface area (Å²) in [4.78, 5) is 29.1. The van der Waals surface area contributed by atoms with Crippen LogP contribution in [-0.4, -0.2) is 41.1 Å². The third-order valence-corrected chi connectivity index (χ3v) is 2.19. The second kappa shape index (κ2) is 19.6. The fourth-order valence-corrected chi connectivity index (χ4v) is 0.905. The first-order valence-electron chi connectivity index (χ1n) is 7.10. The van der Waals surface area contributed by atoms with Crippen molar-refractivity contribution in [2.24, 2.45) is 5.73 Å². The number of unbranched alkanes of at least 4 members (excludes halogenated alkanes) is 1. The molecule has 1 amide bonds. The Bertz CT molecular complexity index is 385. The molecule has 23 heavy (non-hydrogen) atoms. The molecule has 0 aliphatic carbocycles. The second-order valence-electron chi connectivity index (χ2n) is 4.23. The number of aliphatic carboxylic acids is 2. The van der Waals surface area contributed by atoms with Crippen LogP contribution >= 0.6 is 0 Å². The average Bonchev–Trinajstić information content (AvgIpc) is 2.51. The first-order chi connectivity index (χ1) is 10.7. The van der Waals surface area contributed by atoms with Gasteiger partial charge in [0.25, 0.3) is 0 Å². The fraction of sp³-hybridized carbons (Fsp3) is 0.438. The van der Waals surface area contributed by atoms with Gasteiger partial charge in [-0.25, -0.2) is 9.59 Å². The van der Waals surface area contributed by atoms with Gasteiger partial charge in [-0.15, -0.1) is 0 Å². The van der Waals surface area contributed by atoms with Crippen molar-refractivity contribution in [2.45, 2.75) is 33.1 Å². The number of carboxylic acids is 2. The topological polar surface area (TPSA) is 130 Å². The molecular formula is C16H28N2O5. The maximum atomic E-state index is 10.4. The molecule has 0 aromatic heterocycles. The summed E-state index contributed by atoms with van der Waals surface area (Å²) in [6, 6.07) is 0. The predicted molar refractivity (Wildman–Crippen MR) is 91.0 cm³/mol. The maximum absolute atomic E-state index is 10.4. The molecule has 0 aromatic carbocycles. The average molecular weight is 328 g/mol. The van der Waals surface area contributed by atoms with Crippen LogP contribution in [0.4, 0.5) is 0 Å². The highest BCUT2D eigenvalue weighted by molar-refractivity contribution is 5.85. The third-order valence-electron chi connectivity index (χ3n) is 2.19. The van der Waals surface area contributed by atoms with E-state index in [0.29, 0.717) is 5.57 Å². The van der Waals surface area contributed by atoms with E-state index < -0.39 is 17.8 Å². The smallest absolute Gasteiger partial charge is 0.330 e. The zero-order valence-electron chi connectivity index (χ0n) is 13.9. The standard InChI is InChI=1S/C10H19NO2.C3H5NO.C3H4O2/c1-3-4-7-11-8-5-6-9(2)10(12)13;2*1-2-3(4)5/h6,11H,3-5,7-8H2,1-2H3,(H,12,13);2H,1H2,(H2,4,5);2H,1H2,(H,4,5). The Morgan fingerprint density at radius 3 is 1.91 bits per heavy atom. The Balaban J connectivity index is -0.000000329. The lowest BCUT2D eigenvalue weighted by Gasteiger charge is -2.00. The zero-order valence-corrected chi connectivity index (χ0v) is 13.9. The molecule has 0 spiro atoms. The van der Waals surface area contributed by atoms with Crippen molar-refractivity contribution < 1.29 is 24.6 Å².